The zero-order valence-corrected chi connectivity index (χ0v) is 17.4. The minimum Gasteiger partial charge on any atom is -0.462 e. The van der Waals surface area contributed by atoms with Crippen molar-refractivity contribution in [3.8, 4) is 0 Å². The molecule has 0 atom stereocenters. The van der Waals surface area contributed by atoms with Gasteiger partial charge in [0.25, 0.3) is 0 Å². The number of carbonyl (C=O) groups excluding carboxylic acids is 5. The van der Waals surface area contributed by atoms with Crippen LogP contribution in [0.5, 0.6) is 0 Å². The number of nitrogens with one attached hydrogen (secondary N) is 1. The van der Waals surface area contributed by atoms with Crippen molar-refractivity contribution in [2.45, 2.75) is 52.5 Å². The summed E-state index contributed by atoms with van der Waals surface area (Å²) < 4.78 is 5.04. The predicted molar refractivity (Wildman–Crippen MR) is 105 cm³/mol. The quantitative estimate of drug-likeness (QED) is 0.428. The Bertz CT molecular complexity index is 887. The Kier molecular flexibility index (Phi) is 6.02. The summed E-state index contributed by atoms with van der Waals surface area (Å²) in [4.78, 5) is 64.3. The molecular formula is C19H23N3O6S. The molecule has 0 radical (unpaired) electrons. The zero-order chi connectivity index (χ0) is 21.3. The number of urea groups is 1. The highest BCUT2D eigenvalue weighted by Crippen LogP contribution is 2.33. The number of nitrogens with zero attached hydrogens (tertiary/aromatic N) is 2. The highest BCUT2D eigenvalue weighted by atomic mass is 32.1. The summed E-state index contributed by atoms with van der Waals surface area (Å²) in [5.74, 6) is -3.11. The van der Waals surface area contributed by atoms with E-state index in [2.05, 4.69) is 5.32 Å². The lowest BCUT2D eigenvalue weighted by Gasteiger charge is -2.20. The van der Waals surface area contributed by atoms with Crippen molar-refractivity contribution in [3.05, 3.63) is 16.0 Å². The van der Waals surface area contributed by atoms with E-state index in [9.17, 15) is 24.0 Å². The molecule has 2 fully saturated rings. The van der Waals surface area contributed by atoms with Crippen LogP contribution in [0.25, 0.3) is 0 Å². The third-order valence-corrected chi connectivity index (χ3v) is 6.32. The number of thiophene rings is 1. The highest BCUT2D eigenvalue weighted by Gasteiger charge is 2.48. The van der Waals surface area contributed by atoms with E-state index in [1.54, 1.807) is 13.8 Å². The first-order chi connectivity index (χ1) is 13.8. The van der Waals surface area contributed by atoms with Crippen molar-refractivity contribution in [1.29, 1.82) is 0 Å². The monoisotopic (exact) mass is 421 g/mol. The molecule has 29 heavy (non-hydrogen) atoms. The van der Waals surface area contributed by atoms with Gasteiger partial charge in [0.1, 0.15) is 11.5 Å². The Labute approximate surface area is 172 Å². The molecule has 1 aromatic heterocycles. The molecule has 1 aliphatic heterocycles. The van der Waals surface area contributed by atoms with Gasteiger partial charge in [-0.1, -0.05) is 12.8 Å². The fraction of sp³-hybridized carbons (Fsp3) is 0.526. The maximum Gasteiger partial charge on any atom is 0.341 e. The average molecular weight is 421 g/mol. The number of hydrogen-bond donors (Lipinski definition) is 1. The van der Waals surface area contributed by atoms with E-state index >= 15 is 0 Å². The number of rotatable bonds is 6. The molecule has 3 rings (SSSR count). The fourth-order valence-corrected chi connectivity index (χ4v) is 4.68. The minimum atomic E-state index is -0.999. The van der Waals surface area contributed by atoms with Crippen molar-refractivity contribution >= 4 is 46.1 Å². The molecule has 1 aliphatic carbocycles. The molecule has 156 valence electrons. The van der Waals surface area contributed by atoms with E-state index in [1.165, 1.54) is 11.3 Å². The first-order valence-corrected chi connectivity index (χ1v) is 10.3. The van der Waals surface area contributed by atoms with Crippen molar-refractivity contribution < 1.29 is 28.7 Å². The van der Waals surface area contributed by atoms with Crippen LogP contribution in [0.1, 0.15) is 53.4 Å². The zero-order valence-electron chi connectivity index (χ0n) is 16.6. The molecule has 1 aromatic rings. The minimum absolute atomic E-state index is 0.191. The molecule has 0 unspecified atom stereocenters. The summed E-state index contributed by atoms with van der Waals surface area (Å²) in [5, 5.41) is 2.87. The van der Waals surface area contributed by atoms with Crippen LogP contribution in [0.2, 0.25) is 0 Å². The molecule has 1 N–H and O–H groups in total. The van der Waals surface area contributed by atoms with Gasteiger partial charge < -0.3 is 10.1 Å². The van der Waals surface area contributed by atoms with Gasteiger partial charge in [0.05, 0.1) is 12.2 Å². The Balaban J connectivity index is 1.74. The number of aryl methyl sites for hydroxylation is 1. The number of anilines is 1. The summed E-state index contributed by atoms with van der Waals surface area (Å²) in [6.07, 6.45) is 3.12. The van der Waals surface area contributed by atoms with Crippen molar-refractivity contribution in [3.63, 3.8) is 0 Å². The van der Waals surface area contributed by atoms with Crippen LogP contribution in [0.15, 0.2) is 0 Å². The van der Waals surface area contributed by atoms with Crippen molar-refractivity contribution in [1.82, 2.24) is 9.80 Å². The Hall–Kier alpha value is -2.75. The lowest BCUT2D eigenvalue weighted by Crippen LogP contribution is -2.41. The number of imide groups is 2. The van der Waals surface area contributed by atoms with E-state index in [-0.39, 0.29) is 18.2 Å². The maximum atomic E-state index is 12.6. The van der Waals surface area contributed by atoms with Crippen LogP contribution in [0.3, 0.4) is 0 Å². The molecule has 0 aromatic carbocycles. The summed E-state index contributed by atoms with van der Waals surface area (Å²) in [6.45, 7) is 4.84. The van der Waals surface area contributed by atoms with Gasteiger partial charge in [-0.25, -0.2) is 14.5 Å². The molecule has 5 amide bonds. The van der Waals surface area contributed by atoms with Crippen molar-refractivity contribution in [2.75, 3.05) is 18.5 Å². The number of hydrogen-bond acceptors (Lipinski definition) is 7. The SMILES string of the molecule is CCOC(=O)c1c(NC(=O)CN2C(=O)C(=O)N(C3CCCC3)C2=O)sc(C)c1C. The molecule has 2 aliphatic rings. The van der Waals surface area contributed by atoms with E-state index in [0.717, 1.165) is 22.6 Å². The van der Waals surface area contributed by atoms with Crippen LogP contribution in [0, 0.1) is 13.8 Å². The standard InChI is InChI=1S/C19H23N3O6S/c1-4-28-18(26)14-10(2)11(3)29-15(14)20-13(23)9-21-16(24)17(25)22(19(21)27)12-7-5-6-8-12/h12H,4-9H2,1-3H3,(H,20,23). The topological polar surface area (TPSA) is 113 Å². The average Bonchev–Trinajstić information content (AvgIpc) is 3.32. The third kappa shape index (κ3) is 3.89. The normalized spacial score (nSPS) is 17.4. The summed E-state index contributed by atoms with van der Waals surface area (Å²) in [7, 11) is 0. The largest absolute Gasteiger partial charge is 0.462 e. The molecular weight excluding hydrogens is 398 g/mol. The second-order valence-electron chi connectivity index (χ2n) is 7.04. The third-order valence-electron chi connectivity index (χ3n) is 5.19. The molecule has 10 heteroatoms. The summed E-state index contributed by atoms with van der Waals surface area (Å²) >= 11 is 1.21. The van der Waals surface area contributed by atoms with Gasteiger partial charge >= 0.3 is 23.8 Å². The Morgan fingerprint density at radius 2 is 1.79 bits per heavy atom. The van der Waals surface area contributed by atoms with Crippen LogP contribution in [-0.2, 0) is 19.1 Å². The molecule has 9 nitrogen and oxygen atoms in total. The van der Waals surface area contributed by atoms with Gasteiger partial charge in [-0.3, -0.25) is 19.3 Å². The Morgan fingerprint density at radius 3 is 2.41 bits per heavy atom. The summed E-state index contributed by atoms with van der Waals surface area (Å²) in [6, 6.07) is -1.05. The van der Waals surface area contributed by atoms with Gasteiger partial charge in [0, 0.05) is 10.9 Å². The van der Waals surface area contributed by atoms with E-state index in [0.29, 0.717) is 28.3 Å². The van der Waals surface area contributed by atoms with Gasteiger partial charge in [-0.15, -0.1) is 11.3 Å². The van der Waals surface area contributed by atoms with E-state index in [1.807, 2.05) is 6.92 Å². The fourth-order valence-electron chi connectivity index (χ4n) is 3.62. The number of carbonyl (C=O) groups is 5. The van der Waals surface area contributed by atoms with Gasteiger partial charge in [-0.05, 0) is 39.2 Å². The summed E-state index contributed by atoms with van der Waals surface area (Å²) in [5.41, 5.74) is 0.949. The molecule has 1 saturated carbocycles. The van der Waals surface area contributed by atoms with E-state index in [4.69, 9.17) is 4.74 Å². The first-order valence-electron chi connectivity index (χ1n) is 9.52. The lowest BCUT2D eigenvalue weighted by molar-refractivity contribution is -0.144. The van der Waals surface area contributed by atoms with Crippen molar-refractivity contribution in [2.24, 2.45) is 0 Å². The number of esters is 1. The van der Waals surface area contributed by atoms with Crippen LogP contribution in [-0.4, -0.2) is 58.7 Å². The second kappa shape index (κ2) is 8.32. The van der Waals surface area contributed by atoms with Crippen LogP contribution in [0.4, 0.5) is 9.80 Å². The lowest BCUT2D eigenvalue weighted by atomic mass is 10.1. The first kappa shape index (κ1) is 21.0. The predicted octanol–water partition coefficient (Wildman–Crippen LogP) is 2.21. The smallest absolute Gasteiger partial charge is 0.341 e. The Morgan fingerprint density at radius 1 is 1.14 bits per heavy atom. The van der Waals surface area contributed by atoms with Gasteiger partial charge in [-0.2, -0.15) is 0 Å². The molecule has 2 heterocycles. The van der Waals surface area contributed by atoms with Gasteiger partial charge in [0.15, 0.2) is 0 Å². The highest BCUT2D eigenvalue weighted by molar-refractivity contribution is 7.16. The number of ether oxygens (including phenoxy) is 1. The molecule has 1 saturated heterocycles. The number of amides is 5. The second-order valence-corrected chi connectivity index (χ2v) is 8.27. The molecule has 0 bridgehead atoms. The maximum absolute atomic E-state index is 12.6. The van der Waals surface area contributed by atoms with Gasteiger partial charge in [0.2, 0.25) is 5.91 Å². The van der Waals surface area contributed by atoms with E-state index < -0.39 is 36.3 Å². The molecule has 0 spiro atoms. The van der Waals surface area contributed by atoms with Crippen LogP contribution < -0.4 is 5.32 Å². The van der Waals surface area contributed by atoms with Crippen LogP contribution >= 0.6 is 11.3 Å².